The summed E-state index contributed by atoms with van der Waals surface area (Å²) in [7, 11) is 0. The fourth-order valence-corrected chi connectivity index (χ4v) is 4.78. The first-order chi connectivity index (χ1) is 14.8. The van der Waals surface area contributed by atoms with E-state index in [0.29, 0.717) is 5.11 Å². The first-order valence-electron chi connectivity index (χ1n) is 9.29. The van der Waals surface area contributed by atoms with E-state index in [4.69, 9.17) is 22.2 Å². The van der Waals surface area contributed by atoms with Crippen LogP contribution < -0.4 is 10.6 Å². The van der Waals surface area contributed by atoms with E-state index < -0.39 is 0 Å². The lowest BCUT2D eigenvalue weighted by molar-refractivity contribution is 1.31. The third-order valence-electron chi connectivity index (χ3n) is 4.46. The maximum atomic E-state index is 5.45. The molecule has 0 aliphatic heterocycles. The molecule has 2 aromatic carbocycles. The molecule has 2 N–H and O–H groups in total. The quantitative estimate of drug-likeness (QED) is 0.295. The number of fused-ring (bicyclic) bond motifs is 1. The van der Waals surface area contributed by atoms with Crippen LogP contribution in [0.15, 0.2) is 83.6 Å². The van der Waals surface area contributed by atoms with E-state index in [1.807, 2.05) is 60.7 Å². The van der Waals surface area contributed by atoms with Gasteiger partial charge in [0.05, 0.1) is 20.8 Å². The maximum absolute atomic E-state index is 5.45. The Kier molecular flexibility index (Phi) is 5.23. The number of para-hydroxylation sites is 1. The van der Waals surface area contributed by atoms with Gasteiger partial charge in [0.1, 0.15) is 11.4 Å². The van der Waals surface area contributed by atoms with Crippen LogP contribution in [0.1, 0.15) is 0 Å². The van der Waals surface area contributed by atoms with Gasteiger partial charge in [0.15, 0.2) is 5.11 Å². The molecule has 0 bridgehead atoms. The van der Waals surface area contributed by atoms with Crippen LogP contribution in [0, 0.1) is 0 Å². The average Bonchev–Trinajstić information content (AvgIpc) is 3.48. The molecule has 3 aromatic heterocycles. The minimum Gasteiger partial charge on any atom is -0.332 e. The first kappa shape index (κ1) is 18.9. The van der Waals surface area contributed by atoms with Gasteiger partial charge in [-0.3, -0.25) is 0 Å². The Morgan fingerprint density at radius 3 is 1.93 bits per heavy atom. The zero-order valence-corrected chi connectivity index (χ0v) is 18.2. The molecule has 0 saturated carbocycles. The van der Waals surface area contributed by atoms with Gasteiger partial charge in [0, 0.05) is 11.4 Å². The summed E-state index contributed by atoms with van der Waals surface area (Å²) in [4.78, 5) is 12.1. The van der Waals surface area contributed by atoms with Crippen molar-refractivity contribution in [2.45, 2.75) is 0 Å². The van der Waals surface area contributed by atoms with E-state index in [1.54, 1.807) is 22.7 Å². The van der Waals surface area contributed by atoms with Crippen LogP contribution in [0.4, 0.5) is 11.4 Å². The number of benzene rings is 2. The van der Waals surface area contributed by atoms with Crippen LogP contribution in [-0.4, -0.2) is 15.1 Å². The molecule has 0 spiro atoms. The Bertz CT molecular complexity index is 1300. The van der Waals surface area contributed by atoms with E-state index in [1.165, 1.54) is 0 Å². The molecule has 3 heterocycles. The van der Waals surface area contributed by atoms with Crippen LogP contribution >= 0.6 is 34.9 Å². The van der Waals surface area contributed by atoms with E-state index in [0.717, 1.165) is 43.6 Å². The highest BCUT2D eigenvalue weighted by molar-refractivity contribution is 7.80. The molecule has 7 heteroatoms. The number of aromatic nitrogens is 2. The number of nitrogens with one attached hydrogen (secondary N) is 2. The lowest BCUT2D eigenvalue weighted by Crippen LogP contribution is -2.18. The van der Waals surface area contributed by atoms with Gasteiger partial charge in [-0.1, -0.05) is 30.3 Å². The largest absolute Gasteiger partial charge is 0.332 e. The van der Waals surface area contributed by atoms with Crippen molar-refractivity contribution in [1.29, 1.82) is 0 Å². The van der Waals surface area contributed by atoms with Gasteiger partial charge in [0.25, 0.3) is 0 Å². The molecule has 0 aliphatic carbocycles. The molecule has 30 heavy (non-hydrogen) atoms. The zero-order chi connectivity index (χ0) is 20.3. The van der Waals surface area contributed by atoms with E-state index in [9.17, 15) is 0 Å². The molecule has 146 valence electrons. The van der Waals surface area contributed by atoms with Crippen LogP contribution in [-0.2, 0) is 0 Å². The van der Waals surface area contributed by atoms with Crippen LogP contribution in [0.2, 0.25) is 0 Å². The predicted molar refractivity (Wildman–Crippen MR) is 132 cm³/mol. The second kappa shape index (κ2) is 8.31. The van der Waals surface area contributed by atoms with Crippen molar-refractivity contribution in [3.63, 3.8) is 0 Å². The molecule has 5 aromatic rings. The summed E-state index contributed by atoms with van der Waals surface area (Å²) < 4.78 is 0. The minimum absolute atomic E-state index is 0.530. The number of anilines is 2. The molecule has 0 aliphatic rings. The molecule has 0 amide bonds. The summed E-state index contributed by atoms with van der Waals surface area (Å²) in [5.74, 6) is 0. The Labute approximate surface area is 187 Å². The summed E-state index contributed by atoms with van der Waals surface area (Å²) >= 11 is 8.79. The summed E-state index contributed by atoms with van der Waals surface area (Å²) in [6, 6.07) is 24.0. The average molecular weight is 445 g/mol. The van der Waals surface area contributed by atoms with Gasteiger partial charge in [-0.05, 0) is 65.4 Å². The monoisotopic (exact) mass is 444 g/mol. The molecule has 0 radical (unpaired) electrons. The van der Waals surface area contributed by atoms with Crippen molar-refractivity contribution in [3.05, 3.63) is 83.6 Å². The zero-order valence-electron chi connectivity index (χ0n) is 15.7. The van der Waals surface area contributed by atoms with Gasteiger partial charge in [-0.25, -0.2) is 9.97 Å². The molecular formula is C23H16N4S3. The van der Waals surface area contributed by atoms with Crippen molar-refractivity contribution < 1.29 is 0 Å². The van der Waals surface area contributed by atoms with Crippen molar-refractivity contribution in [2.75, 3.05) is 10.6 Å². The first-order valence-corrected chi connectivity index (χ1v) is 11.5. The third-order valence-corrected chi connectivity index (χ3v) is 6.42. The summed E-state index contributed by atoms with van der Waals surface area (Å²) in [5, 5.41) is 11.1. The molecule has 4 nitrogen and oxygen atoms in total. The van der Waals surface area contributed by atoms with Crippen LogP contribution in [0.3, 0.4) is 0 Å². The second-order valence-corrected chi connectivity index (χ2v) is 8.83. The van der Waals surface area contributed by atoms with Gasteiger partial charge in [-0.15, -0.1) is 22.7 Å². The molecule has 0 unspecified atom stereocenters. The van der Waals surface area contributed by atoms with Crippen molar-refractivity contribution in [1.82, 2.24) is 9.97 Å². The summed E-state index contributed by atoms with van der Waals surface area (Å²) in [6.07, 6.45) is 0. The van der Waals surface area contributed by atoms with E-state index in [-0.39, 0.29) is 0 Å². The number of thiocarbonyl (C=S) groups is 1. The Hall–Kier alpha value is -3.13. The van der Waals surface area contributed by atoms with E-state index >= 15 is 0 Å². The van der Waals surface area contributed by atoms with Crippen molar-refractivity contribution in [3.8, 4) is 21.1 Å². The Morgan fingerprint density at radius 2 is 1.30 bits per heavy atom. The molecule has 0 fully saturated rings. The lowest BCUT2D eigenvalue weighted by atomic mass is 10.2. The van der Waals surface area contributed by atoms with Crippen molar-refractivity contribution >= 4 is 62.4 Å². The normalized spacial score (nSPS) is 10.8. The minimum atomic E-state index is 0.530. The maximum Gasteiger partial charge on any atom is 0.175 e. The summed E-state index contributed by atoms with van der Waals surface area (Å²) in [5.41, 5.74) is 5.31. The third kappa shape index (κ3) is 3.95. The smallest absolute Gasteiger partial charge is 0.175 e. The Balaban J connectivity index is 1.50. The topological polar surface area (TPSA) is 49.8 Å². The van der Waals surface area contributed by atoms with Gasteiger partial charge in [0.2, 0.25) is 0 Å². The van der Waals surface area contributed by atoms with Gasteiger partial charge < -0.3 is 10.6 Å². The summed E-state index contributed by atoms with van der Waals surface area (Å²) in [6.45, 7) is 0. The number of thiophene rings is 2. The number of hydrogen-bond donors (Lipinski definition) is 2. The number of nitrogens with zero attached hydrogens (tertiary/aromatic N) is 2. The van der Waals surface area contributed by atoms with Gasteiger partial charge in [-0.2, -0.15) is 0 Å². The van der Waals surface area contributed by atoms with Crippen LogP contribution in [0.5, 0.6) is 0 Å². The fourth-order valence-electron chi connectivity index (χ4n) is 3.12. The van der Waals surface area contributed by atoms with Gasteiger partial charge >= 0.3 is 0 Å². The Morgan fingerprint density at radius 1 is 0.667 bits per heavy atom. The highest BCUT2D eigenvalue weighted by Gasteiger charge is 2.15. The number of rotatable bonds is 4. The standard InChI is InChI=1S/C23H16N4S3/c28-23(24-15-6-2-1-3-7-15)25-16-10-11-17-18(14-16)27-22(20-9-5-13-30-20)21(26-17)19-8-4-12-29-19/h1-14H,(H2,24,25,28). The molecular weight excluding hydrogens is 428 g/mol. The second-order valence-electron chi connectivity index (χ2n) is 6.52. The molecule has 5 rings (SSSR count). The molecule has 0 saturated heterocycles. The fraction of sp³-hybridized carbons (Fsp3) is 0. The molecule has 0 atom stereocenters. The lowest BCUT2D eigenvalue weighted by Gasteiger charge is -2.12. The van der Waals surface area contributed by atoms with Crippen molar-refractivity contribution in [2.24, 2.45) is 0 Å². The highest BCUT2D eigenvalue weighted by Crippen LogP contribution is 2.35. The number of hydrogen-bond acceptors (Lipinski definition) is 5. The highest BCUT2D eigenvalue weighted by atomic mass is 32.1. The van der Waals surface area contributed by atoms with E-state index in [2.05, 4.69) is 33.5 Å². The van der Waals surface area contributed by atoms with Crippen LogP contribution in [0.25, 0.3) is 32.2 Å². The predicted octanol–water partition coefficient (Wildman–Crippen LogP) is 6.90. The SMILES string of the molecule is S=C(Nc1ccccc1)Nc1ccc2nc(-c3cccs3)c(-c3cccs3)nc2c1.